The number of para-hydroxylation sites is 1. The Bertz CT molecular complexity index is 767. The van der Waals surface area contributed by atoms with E-state index in [-0.39, 0.29) is 17.2 Å². The SMILES string of the molecule is COC(=O)c1ccccc1N(C)C(=O)CSc1ccc(F)c(F)c1. The number of anilines is 1. The molecule has 0 saturated heterocycles. The van der Waals surface area contributed by atoms with Crippen LogP contribution in [0.1, 0.15) is 10.4 Å². The number of rotatable bonds is 5. The van der Waals surface area contributed by atoms with Gasteiger partial charge in [0.1, 0.15) is 0 Å². The second-order valence-electron chi connectivity index (χ2n) is 4.83. The summed E-state index contributed by atoms with van der Waals surface area (Å²) in [4.78, 5) is 25.9. The fourth-order valence-electron chi connectivity index (χ4n) is 1.99. The van der Waals surface area contributed by atoms with Gasteiger partial charge in [0, 0.05) is 11.9 Å². The second-order valence-corrected chi connectivity index (χ2v) is 5.87. The summed E-state index contributed by atoms with van der Waals surface area (Å²) in [6.45, 7) is 0. The Morgan fingerprint density at radius 1 is 1.12 bits per heavy atom. The molecule has 2 rings (SSSR count). The number of amides is 1. The average molecular weight is 351 g/mol. The molecule has 0 heterocycles. The van der Waals surface area contributed by atoms with Crippen molar-refractivity contribution in [1.82, 2.24) is 0 Å². The molecule has 0 atom stereocenters. The summed E-state index contributed by atoms with van der Waals surface area (Å²) in [6, 6.07) is 10.0. The molecule has 0 aliphatic heterocycles. The number of hydrogen-bond donors (Lipinski definition) is 0. The molecule has 0 bridgehead atoms. The van der Waals surface area contributed by atoms with Crippen LogP contribution in [0.15, 0.2) is 47.4 Å². The van der Waals surface area contributed by atoms with Crippen molar-refractivity contribution in [2.45, 2.75) is 4.90 Å². The lowest BCUT2D eigenvalue weighted by Crippen LogP contribution is -2.29. The topological polar surface area (TPSA) is 46.6 Å². The lowest BCUT2D eigenvalue weighted by molar-refractivity contribution is -0.115. The fourth-order valence-corrected chi connectivity index (χ4v) is 2.83. The minimum Gasteiger partial charge on any atom is -0.465 e. The number of benzene rings is 2. The van der Waals surface area contributed by atoms with E-state index in [2.05, 4.69) is 0 Å². The number of carbonyl (C=O) groups excluding carboxylic acids is 2. The van der Waals surface area contributed by atoms with Crippen LogP contribution in [-0.2, 0) is 9.53 Å². The number of halogens is 2. The van der Waals surface area contributed by atoms with E-state index in [9.17, 15) is 18.4 Å². The van der Waals surface area contributed by atoms with Crippen LogP contribution in [0.25, 0.3) is 0 Å². The summed E-state index contributed by atoms with van der Waals surface area (Å²) in [6.07, 6.45) is 0. The zero-order valence-electron chi connectivity index (χ0n) is 13.1. The first kappa shape index (κ1) is 17.9. The van der Waals surface area contributed by atoms with Crippen LogP contribution < -0.4 is 4.90 Å². The minimum atomic E-state index is -0.961. The summed E-state index contributed by atoms with van der Waals surface area (Å²) < 4.78 is 30.8. The molecule has 24 heavy (non-hydrogen) atoms. The van der Waals surface area contributed by atoms with E-state index in [1.807, 2.05) is 0 Å². The summed E-state index contributed by atoms with van der Waals surface area (Å²) in [5, 5.41) is 0. The van der Waals surface area contributed by atoms with Crippen molar-refractivity contribution in [2.24, 2.45) is 0 Å². The Labute approximate surface area is 142 Å². The highest BCUT2D eigenvalue weighted by Crippen LogP contribution is 2.24. The monoisotopic (exact) mass is 351 g/mol. The number of ether oxygens (including phenoxy) is 1. The zero-order valence-corrected chi connectivity index (χ0v) is 13.9. The molecule has 0 aromatic heterocycles. The van der Waals surface area contributed by atoms with Crippen molar-refractivity contribution >= 4 is 29.3 Å². The van der Waals surface area contributed by atoms with Crippen LogP contribution >= 0.6 is 11.8 Å². The van der Waals surface area contributed by atoms with Gasteiger partial charge < -0.3 is 9.64 Å². The summed E-state index contributed by atoms with van der Waals surface area (Å²) in [7, 11) is 2.80. The largest absolute Gasteiger partial charge is 0.465 e. The lowest BCUT2D eigenvalue weighted by Gasteiger charge is -2.19. The van der Waals surface area contributed by atoms with Gasteiger partial charge in [0.15, 0.2) is 11.6 Å². The fraction of sp³-hybridized carbons (Fsp3) is 0.176. The minimum absolute atomic E-state index is 0.0110. The van der Waals surface area contributed by atoms with Gasteiger partial charge in [0.25, 0.3) is 0 Å². The van der Waals surface area contributed by atoms with Gasteiger partial charge in [-0.1, -0.05) is 12.1 Å². The highest BCUT2D eigenvalue weighted by atomic mass is 32.2. The molecule has 0 spiro atoms. The van der Waals surface area contributed by atoms with Gasteiger partial charge >= 0.3 is 5.97 Å². The third-order valence-corrected chi connectivity index (χ3v) is 4.28. The first-order valence-electron chi connectivity index (χ1n) is 6.95. The van der Waals surface area contributed by atoms with Gasteiger partial charge in [-0.3, -0.25) is 4.79 Å². The third kappa shape index (κ3) is 4.11. The first-order chi connectivity index (χ1) is 11.4. The number of hydrogen-bond acceptors (Lipinski definition) is 4. The Morgan fingerprint density at radius 3 is 2.50 bits per heavy atom. The van der Waals surface area contributed by atoms with Crippen LogP contribution in [0.5, 0.6) is 0 Å². The maximum Gasteiger partial charge on any atom is 0.339 e. The normalized spacial score (nSPS) is 10.3. The average Bonchev–Trinajstić information content (AvgIpc) is 2.61. The smallest absolute Gasteiger partial charge is 0.339 e. The number of carbonyl (C=O) groups is 2. The Kier molecular flexibility index (Phi) is 5.92. The number of nitrogens with zero attached hydrogens (tertiary/aromatic N) is 1. The van der Waals surface area contributed by atoms with Crippen molar-refractivity contribution in [2.75, 3.05) is 24.8 Å². The highest BCUT2D eigenvalue weighted by Gasteiger charge is 2.19. The molecule has 2 aromatic rings. The van der Waals surface area contributed by atoms with E-state index in [0.29, 0.717) is 10.6 Å². The van der Waals surface area contributed by atoms with Gasteiger partial charge in [-0.2, -0.15) is 0 Å². The number of methoxy groups -OCH3 is 1. The summed E-state index contributed by atoms with van der Waals surface area (Å²) in [5.74, 6) is -2.72. The number of thioether (sulfide) groups is 1. The van der Waals surface area contributed by atoms with Crippen molar-refractivity contribution in [1.29, 1.82) is 0 Å². The Hall–Kier alpha value is -2.41. The zero-order chi connectivity index (χ0) is 17.7. The van der Waals surface area contributed by atoms with Crippen LogP contribution in [0, 0.1) is 11.6 Å². The highest BCUT2D eigenvalue weighted by molar-refractivity contribution is 8.00. The molecule has 0 saturated carbocycles. The van der Waals surface area contributed by atoms with E-state index in [1.165, 1.54) is 25.1 Å². The van der Waals surface area contributed by atoms with Crippen molar-refractivity contribution in [3.05, 3.63) is 59.7 Å². The molecule has 0 aliphatic rings. The van der Waals surface area contributed by atoms with E-state index in [0.717, 1.165) is 23.9 Å². The Morgan fingerprint density at radius 2 is 1.83 bits per heavy atom. The number of esters is 1. The molecule has 0 fully saturated rings. The van der Waals surface area contributed by atoms with Gasteiger partial charge in [-0.25, -0.2) is 13.6 Å². The van der Waals surface area contributed by atoms with Gasteiger partial charge in [-0.15, -0.1) is 11.8 Å². The van der Waals surface area contributed by atoms with Crippen LogP contribution in [0.2, 0.25) is 0 Å². The van der Waals surface area contributed by atoms with E-state index in [4.69, 9.17) is 4.74 Å². The molecule has 126 valence electrons. The van der Waals surface area contributed by atoms with Crippen LogP contribution in [-0.4, -0.2) is 31.8 Å². The quantitative estimate of drug-likeness (QED) is 0.611. The van der Waals surface area contributed by atoms with Crippen molar-refractivity contribution in [3.8, 4) is 0 Å². The second kappa shape index (κ2) is 7.92. The molecule has 0 unspecified atom stereocenters. The third-order valence-electron chi connectivity index (χ3n) is 3.30. The van der Waals surface area contributed by atoms with Gasteiger partial charge in [0.2, 0.25) is 5.91 Å². The van der Waals surface area contributed by atoms with Crippen LogP contribution in [0.4, 0.5) is 14.5 Å². The van der Waals surface area contributed by atoms with Gasteiger partial charge in [0.05, 0.1) is 24.1 Å². The molecule has 7 heteroatoms. The molecular formula is C17H15F2NO3S. The van der Waals surface area contributed by atoms with E-state index in [1.54, 1.807) is 24.3 Å². The predicted octanol–water partition coefficient (Wildman–Crippen LogP) is 3.51. The molecule has 1 amide bonds. The van der Waals surface area contributed by atoms with Gasteiger partial charge in [-0.05, 0) is 30.3 Å². The van der Waals surface area contributed by atoms with Crippen LogP contribution in [0.3, 0.4) is 0 Å². The molecule has 0 N–H and O–H groups in total. The predicted molar refractivity (Wildman–Crippen MR) is 88.3 cm³/mol. The lowest BCUT2D eigenvalue weighted by atomic mass is 10.1. The van der Waals surface area contributed by atoms with Crippen molar-refractivity contribution < 1.29 is 23.1 Å². The maximum atomic E-state index is 13.2. The molecule has 4 nitrogen and oxygen atoms in total. The summed E-state index contributed by atoms with van der Waals surface area (Å²) >= 11 is 1.08. The maximum absolute atomic E-state index is 13.2. The molecule has 0 aliphatic carbocycles. The molecule has 2 aromatic carbocycles. The van der Waals surface area contributed by atoms with E-state index >= 15 is 0 Å². The summed E-state index contributed by atoms with van der Waals surface area (Å²) in [5.41, 5.74) is 0.689. The van der Waals surface area contributed by atoms with Crippen molar-refractivity contribution in [3.63, 3.8) is 0 Å². The standard InChI is InChI=1S/C17H15F2NO3S/c1-20(15-6-4-3-5-12(15)17(22)23-2)16(21)10-24-11-7-8-13(18)14(19)9-11/h3-9H,10H2,1-2H3. The molecular weight excluding hydrogens is 336 g/mol. The van der Waals surface area contributed by atoms with E-state index < -0.39 is 17.6 Å². The first-order valence-corrected chi connectivity index (χ1v) is 7.94. The molecule has 0 radical (unpaired) electrons. The Balaban J connectivity index is 2.10.